The van der Waals surface area contributed by atoms with Crippen LogP contribution in [0.2, 0.25) is 10.0 Å². The third-order valence-electron chi connectivity index (χ3n) is 3.85. The first kappa shape index (κ1) is 15.9. The van der Waals surface area contributed by atoms with Crippen LogP contribution in [0.1, 0.15) is 16.8 Å². The van der Waals surface area contributed by atoms with Crippen molar-refractivity contribution in [2.24, 2.45) is 0 Å². The first-order chi connectivity index (χ1) is 11.0. The van der Waals surface area contributed by atoms with E-state index in [1.807, 2.05) is 49.4 Å². The Morgan fingerprint density at radius 3 is 2.74 bits per heavy atom. The van der Waals surface area contributed by atoms with Gasteiger partial charge in [-0.15, -0.1) is 0 Å². The first-order valence-electron chi connectivity index (χ1n) is 7.31. The number of hydrogen-bond donors (Lipinski definition) is 2. The number of H-pyrrole nitrogens is 1. The van der Waals surface area contributed by atoms with E-state index in [4.69, 9.17) is 23.2 Å². The Morgan fingerprint density at radius 2 is 1.96 bits per heavy atom. The summed E-state index contributed by atoms with van der Waals surface area (Å²) in [7, 11) is 0. The molecule has 118 valence electrons. The average Bonchev–Trinajstić information content (AvgIpc) is 2.82. The molecule has 0 aliphatic rings. The van der Waals surface area contributed by atoms with Crippen LogP contribution >= 0.6 is 23.2 Å². The van der Waals surface area contributed by atoms with Crippen LogP contribution in [0.25, 0.3) is 10.9 Å². The maximum absolute atomic E-state index is 12.3. The fourth-order valence-corrected chi connectivity index (χ4v) is 3.02. The van der Waals surface area contributed by atoms with Gasteiger partial charge >= 0.3 is 0 Å². The van der Waals surface area contributed by atoms with Gasteiger partial charge in [-0.3, -0.25) is 4.79 Å². The van der Waals surface area contributed by atoms with E-state index in [2.05, 4.69) is 10.3 Å². The standard InChI is InChI=1S/C18H16Cl2N2O/c1-11-14(15-8-13(19)6-7-17(15)22-11)9-18(23)21-10-12-4-2-3-5-16(12)20/h2-8,22H,9-10H2,1H3,(H,21,23). The zero-order valence-electron chi connectivity index (χ0n) is 12.6. The third kappa shape index (κ3) is 3.52. The number of aromatic amines is 1. The van der Waals surface area contributed by atoms with Gasteiger partial charge in [0.25, 0.3) is 0 Å². The summed E-state index contributed by atoms with van der Waals surface area (Å²) in [6, 6.07) is 13.1. The maximum Gasteiger partial charge on any atom is 0.224 e. The lowest BCUT2D eigenvalue weighted by Crippen LogP contribution is -2.24. The number of hydrogen-bond acceptors (Lipinski definition) is 1. The second-order valence-corrected chi connectivity index (χ2v) is 6.31. The Morgan fingerprint density at radius 1 is 1.17 bits per heavy atom. The predicted molar refractivity (Wildman–Crippen MR) is 95.0 cm³/mol. The second kappa shape index (κ2) is 6.65. The van der Waals surface area contributed by atoms with E-state index >= 15 is 0 Å². The zero-order valence-corrected chi connectivity index (χ0v) is 14.1. The molecule has 0 spiro atoms. The Labute approximate surface area is 144 Å². The topological polar surface area (TPSA) is 44.9 Å². The molecule has 1 heterocycles. The van der Waals surface area contributed by atoms with E-state index in [1.54, 1.807) is 0 Å². The van der Waals surface area contributed by atoms with Crippen molar-refractivity contribution >= 4 is 40.0 Å². The molecular weight excluding hydrogens is 331 g/mol. The Hall–Kier alpha value is -1.97. The van der Waals surface area contributed by atoms with Crippen LogP contribution in [0.15, 0.2) is 42.5 Å². The van der Waals surface area contributed by atoms with E-state index < -0.39 is 0 Å². The van der Waals surface area contributed by atoms with Gasteiger partial charge in [-0.05, 0) is 42.3 Å². The van der Waals surface area contributed by atoms with E-state index in [1.165, 1.54) is 0 Å². The molecule has 0 radical (unpaired) electrons. The molecule has 3 rings (SSSR count). The fourth-order valence-electron chi connectivity index (χ4n) is 2.64. The lowest BCUT2D eigenvalue weighted by atomic mass is 10.1. The van der Waals surface area contributed by atoms with Gasteiger partial charge in [-0.1, -0.05) is 41.4 Å². The van der Waals surface area contributed by atoms with Crippen molar-refractivity contribution < 1.29 is 4.79 Å². The second-order valence-electron chi connectivity index (χ2n) is 5.46. The number of benzene rings is 2. The van der Waals surface area contributed by atoms with E-state index in [0.29, 0.717) is 23.0 Å². The summed E-state index contributed by atoms with van der Waals surface area (Å²) in [5, 5.41) is 5.22. The summed E-state index contributed by atoms with van der Waals surface area (Å²) in [6.45, 7) is 2.38. The van der Waals surface area contributed by atoms with Gasteiger partial charge in [0.2, 0.25) is 5.91 Å². The number of amides is 1. The molecule has 5 heteroatoms. The van der Waals surface area contributed by atoms with Crippen molar-refractivity contribution in [1.29, 1.82) is 0 Å². The fraction of sp³-hybridized carbons (Fsp3) is 0.167. The Balaban J connectivity index is 1.74. The van der Waals surface area contributed by atoms with Gasteiger partial charge < -0.3 is 10.3 Å². The van der Waals surface area contributed by atoms with Crippen LogP contribution in [0.4, 0.5) is 0 Å². The number of fused-ring (bicyclic) bond motifs is 1. The highest BCUT2D eigenvalue weighted by Gasteiger charge is 2.13. The van der Waals surface area contributed by atoms with E-state index in [9.17, 15) is 4.79 Å². The van der Waals surface area contributed by atoms with Crippen LogP contribution in [-0.4, -0.2) is 10.9 Å². The summed E-state index contributed by atoms with van der Waals surface area (Å²) in [6.07, 6.45) is 0.302. The van der Waals surface area contributed by atoms with Crippen molar-refractivity contribution in [3.63, 3.8) is 0 Å². The minimum atomic E-state index is -0.0473. The highest BCUT2D eigenvalue weighted by molar-refractivity contribution is 6.31. The van der Waals surface area contributed by atoms with Gasteiger partial charge in [-0.25, -0.2) is 0 Å². The molecule has 0 fully saturated rings. The molecule has 3 aromatic rings. The predicted octanol–water partition coefficient (Wildman–Crippen LogP) is 4.64. The highest BCUT2D eigenvalue weighted by Crippen LogP contribution is 2.25. The van der Waals surface area contributed by atoms with Crippen molar-refractivity contribution in [3.8, 4) is 0 Å². The van der Waals surface area contributed by atoms with Gasteiger partial charge in [0.05, 0.1) is 6.42 Å². The maximum atomic E-state index is 12.3. The smallest absolute Gasteiger partial charge is 0.224 e. The molecule has 3 nitrogen and oxygen atoms in total. The lowest BCUT2D eigenvalue weighted by molar-refractivity contribution is -0.120. The minimum Gasteiger partial charge on any atom is -0.358 e. The quantitative estimate of drug-likeness (QED) is 0.709. The van der Waals surface area contributed by atoms with Crippen molar-refractivity contribution in [3.05, 3.63) is 69.3 Å². The molecule has 0 unspecified atom stereocenters. The van der Waals surface area contributed by atoms with Crippen LogP contribution in [0.3, 0.4) is 0 Å². The molecule has 23 heavy (non-hydrogen) atoms. The van der Waals surface area contributed by atoms with Gasteiger partial charge in [0.15, 0.2) is 0 Å². The van der Waals surface area contributed by atoms with Crippen LogP contribution < -0.4 is 5.32 Å². The Kier molecular flexibility index (Phi) is 4.60. The molecular formula is C18H16Cl2N2O. The monoisotopic (exact) mass is 346 g/mol. The molecule has 0 bridgehead atoms. The molecule has 0 saturated carbocycles. The molecule has 1 amide bonds. The number of carbonyl (C=O) groups excluding carboxylic acids is 1. The summed E-state index contributed by atoms with van der Waals surface area (Å²) in [5.41, 5.74) is 3.84. The minimum absolute atomic E-state index is 0.0473. The summed E-state index contributed by atoms with van der Waals surface area (Å²) >= 11 is 12.2. The van der Waals surface area contributed by atoms with E-state index in [-0.39, 0.29) is 5.91 Å². The molecule has 0 aliphatic heterocycles. The number of nitrogens with one attached hydrogen (secondary N) is 2. The number of carbonyl (C=O) groups is 1. The molecule has 0 atom stereocenters. The zero-order chi connectivity index (χ0) is 16.4. The summed E-state index contributed by atoms with van der Waals surface area (Å²) in [5.74, 6) is -0.0473. The molecule has 2 aromatic carbocycles. The Bertz CT molecular complexity index is 871. The van der Waals surface area contributed by atoms with Crippen molar-refractivity contribution in [1.82, 2.24) is 10.3 Å². The van der Waals surface area contributed by atoms with Gasteiger partial charge in [-0.2, -0.15) is 0 Å². The third-order valence-corrected chi connectivity index (χ3v) is 4.46. The van der Waals surface area contributed by atoms with Gasteiger partial charge in [0.1, 0.15) is 0 Å². The van der Waals surface area contributed by atoms with Crippen molar-refractivity contribution in [2.45, 2.75) is 19.9 Å². The molecule has 2 N–H and O–H groups in total. The van der Waals surface area contributed by atoms with Crippen LogP contribution in [0, 0.1) is 6.92 Å². The van der Waals surface area contributed by atoms with Crippen molar-refractivity contribution in [2.75, 3.05) is 0 Å². The van der Waals surface area contributed by atoms with E-state index in [0.717, 1.165) is 27.7 Å². The van der Waals surface area contributed by atoms with Gasteiger partial charge in [0, 0.05) is 33.2 Å². The largest absolute Gasteiger partial charge is 0.358 e. The number of rotatable bonds is 4. The van der Waals surface area contributed by atoms with Crippen LogP contribution in [-0.2, 0) is 17.8 Å². The molecule has 0 saturated heterocycles. The molecule has 1 aromatic heterocycles. The number of halogens is 2. The first-order valence-corrected chi connectivity index (χ1v) is 8.07. The average molecular weight is 347 g/mol. The normalized spacial score (nSPS) is 10.9. The van der Waals surface area contributed by atoms with Crippen LogP contribution in [0.5, 0.6) is 0 Å². The lowest BCUT2D eigenvalue weighted by Gasteiger charge is -2.07. The number of aryl methyl sites for hydroxylation is 1. The summed E-state index contributed by atoms with van der Waals surface area (Å²) in [4.78, 5) is 15.6. The molecule has 0 aliphatic carbocycles. The highest BCUT2D eigenvalue weighted by atomic mass is 35.5. The summed E-state index contributed by atoms with van der Waals surface area (Å²) < 4.78 is 0. The number of aromatic nitrogens is 1. The SMILES string of the molecule is Cc1[nH]c2ccc(Cl)cc2c1CC(=O)NCc1ccccc1Cl.